The highest BCUT2D eigenvalue weighted by Gasteiger charge is 2.62. The van der Waals surface area contributed by atoms with Crippen molar-refractivity contribution in [1.29, 1.82) is 0 Å². The van der Waals surface area contributed by atoms with Crippen molar-refractivity contribution >= 4 is 5.71 Å². The Balaban J connectivity index is 1.83. The highest BCUT2D eigenvalue weighted by atomic mass is 16.4. The molecule has 2 saturated carbocycles. The summed E-state index contributed by atoms with van der Waals surface area (Å²) in [5.41, 5.74) is 3.05. The zero-order chi connectivity index (χ0) is 18.2. The Bertz CT molecular complexity index is 769. The number of fused-ring (bicyclic) bond motifs is 5. The summed E-state index contributed by atoms with van der Waals surface area (Å²) in [7, 11) is 0. The van der Waals surface area contributed by atoms with Crippen LogP contribution in [0, 0.1) is 22.7 Å². The highest BCUT2D eigenvalue weighted by Crippen LogP contribution is 2.68. The molecule has 4 heteroatoms. The van der Waals surface area contributed by atoms with Gasteiger partial charge in [0.1, 0.15) is 11.5 Å². The second-order valence-corrected chi connectivity index (χ2v) is 9.54. The number of nitrogens with zero attached hydrogens (tertiary/aromatic N) is 1. The summed E-state index contributed by atoms with van der Waals surface area (Å²) in [6.45, 7) is 9.14. The Hall–Kier alpha value is -1.71. The fraction of sp³-hybridized carbons (Fsp3) is 0.667. The van der Waals surface area contributed by atoms with Gasteiger partial charge in [0.05, 0.1) is 5.71 Å². The molecule has 0 unspecified atom stereocenters. The van der Waals surface area contributed by atoms with E-state index in [0.29, 0.717) is 11.8 Å². The summed E-state index contributed by atoms with van der Waals surface area (Å²) in [5, 5.41) is 33.6. The van der Waals surface area contributed by atoms with Crippen LogP contribution in [0.15, 0.2) is 17.3 Å². The first-order valence-electron chi connectivity index (χ1n) is 9.41. The van der Waals surface area contributed by atoms with E-state index in [1.165, 1.54) is 6.07 Å². The summed E-state index contributed by atoms with van der Waals surface area (Å²) in [6, 6.07) is 3.33. The number of benzene rings is 1. The van der Waals surface area contributed by atoms with Gasteiger partial charge in [-0.15, -0.1) is 0 Å². The third kappa shape index (κ3) is 1.97. The third-order valence-electron chi connectivity index (χ3n) is 8.13. The Morgan fingerprint density at radius 3 is 2.44 bits per heavy atom. The largest absolute Gasteiger partial charge is 0.508 e. The van der Waals surface area contributed by atoms with E-state index in [4.69, 9.17) is 0 Å². The van der Waals surface area contributed by atoms with Crippen molar-refractivity contribution in [3.05, 3.63) is 23.3 Å². The molecular formula is C21H29NO3. The first-order valence-corrected chi connectivity index (χ1v) is 9.41. The second kappa shape index (κ2) is 4.93. The van der Waals surface area contributed by atoms with E-state index in [0.717, 1.165) is 48.9 Å². The van der Waals surface area contributed by atoms with Crippen molar-refractivity contribution in [2.24, 2.45) is 27.8 Å². The van der Waals surface area contributed by atoms with E-state index >= 15 is 0 Å². The van der Waals surface area contributed by atoms with E-state index < -0.39 is 0 Å². The van der Waals surface area contributed by atoms with Gasteiger partial charge < -0.3 is 15.4 Å². The van der Waals surface area contributed by atoms with Crippen molar-refractivity contribution in [3.63, 3.8) is 0 Å². The van der Waals surface area contributed by atoms with E-state index in [2.05, 4.69) is 32.9 Å². The number of rotatable bonds is 0. The van der Waals surface area contributed by atoms with Gasteiger partial charge >= 0.3 is 0 Å². The van der Waals surface area contributed by atoms with Gasteiger partial charge in [0.2, 0.25) is 0 Å². The van der Waals surface area contributed by atoms with E-state index in [-0.39, 0.29) is 27.7 Å². The second-order valence-electron chi connectivity index (χ2n) is 9.54. The van der Waals surface area contributed by atoms with Crippen LogP contribution in [0.25, 0.3) is 0 Å². The molecule has 4 rings (SSSR count). The molecule has 136 valence electrons. The minimum atomic E-state index is -0.109. The predicted molar refractivity (Wildman–Crippen MR) is 97.4 cm³/mol. The van der Waals surface area contributed by atoms with E-state index in [1.54, 1.807) is 0 Å². The zero-order valence-electron chi connectivity index (χ0n) is 15.6. The average molecular weight is 343 g/mol. The van der Waals surface area contributed by atoms with Gasteiger partial charge in [-0.2, -0.15) is 0 Å². The van der Waals surface area contributed by atoms with Crippen molar-refractivity contribution in [2.75, 3.05) is 0 Å². The number of phenolic OH excluding ortho intramolecular Hbond substituents is 2. The maximum absolute atomic E-state index is 10.6. The maximum atomic E-state index is 10.6. The molecule has 0 aliphatic heterocycles. The molecule has 3 aliphatic rings. The van der Waals surface area contributed by atoms with E-state index in [1.807, 2.05) is 6.07 Å². The Labute approximate surface area is 149 Å². The molecule has 3 N–H and O–H groups in total. The third-order valence-corrected chi connectivity index (χ3v) is 8.13. The van der Waals surface area contributed by atoms with Crippen LogP contribution in [0.5, 0.6) is 11.5 Å². The molecular weight excluding hydrogens is 314 g/mol. The number of aromatic hydroxyl groups is 2. The zero-order valence-corrected chi connectivity index (χ0v) is 15.6. The molecule has 0 bridgehead atoms. The highest BCUT2D eigenvalue weighted by molar-refractivity contribution is 5.90. The SMILES string of the molecule is CC1(C)/C(=N/O)CC[C@]2(C)[C@@H]1CC[C@]1(C)c3c(O)cc(O)cc3C[C@H]21. The first-order chi connectivity index (χ1) is 11.6. The van der Waals surface area contributed by atoms with Gasteiger partial charge in [-0.25, -0.2) is 0 Å². The predicted octanol–water partition coefficient (Wildman–Crippen LogP) is 4.59. The monoisotopic (exact) mass is 343 g/mol. The topological polar surface area (TPSA) is 73.1 Å². The molecule has 0 spiro atoms. The molecule has 4 nitrogen and oxygen atoms in total. The van der Waals surface area contributed by atoms with Crippen LogP contribution in [0.2, 0.25) is 0 Å². The minimum absolute atomic E-state index is 0.0533. The van der Waals surface area contributed by atoms with Crippen LogP contribution in [-0.4, -0.2) is 21.1 Å². The lowest BCUT2D eigenvalue weighted by atomic mass is 9.43. The van der Waals surface area contributed by atoms with Crippen LogP contribution in [-0.2, 0) is 11.8 Å². The molecule has 0 heterocycles. The standard InChI is InChI=1S/C21H29NO3/c1-19(2)15-5-7-21(4)16(20(15,3)8-6-17(19)22-25)10-12-9-13(23)11-14(24)18(12)21/h9,11,15-16,23-25H,5-8,10H2,1-4H3/b22-17+/t15-,16-,20-,21+/m1/s1. The fourth-order valence-electron chi connectivity index (χ4n) is 7.01. The van der Waals surface area contributed by atoms with Gasteiger partial charge in [0.25, 0.3) is 0 Å². The van der Waals surface area contributed by atoms with Crippen LogP contribution in [0.1, 0.15) is 64.5 Å². The van der Waals surface area contributed by atoms with Crippen molar-refractivity contribution in [2.45, 2.75) is 65.2 Å². The van der Waals surface area contributed by atoms with Crippen LogP contribution in [0.3, 0.4) is 0 Å². The molecule has 2 fully saturated rings. The molecule has 3 aliphatic carbocycles. The molecule has 0 aromatic heterocycles. The maximum Gasteiger partial charge on any atom is 0.123 e. The lowest BCUT2D eigenvalue weighted by molar-refractivity contribution is -0.0612. The van der Waals surface area contributed by atoms with Crippen LogP contribution < -0.4 is 0 Å². The van der Waals surface area contributed by atoms with Gasteiger partial charge in [0, 0.05) is 22.5 Å². The fourth-order valence-corrected chi connectivity index (χ4v) is 7.01. The summed E-state index contributed by atoms with van der Waals surface area (Å²) in [6.07, 6.45) is 4.83. The summed E-state index contributed by atoms with van der Waals surface area (Å²) < 4.78 is 0. The number of hydrogen-bond donors (Lipinski definition) is 3. The average Bonchev–Trinajstić information content (AvgIpc) is 2.80. The number of hydrogen-bond acceptors (Lipinski definition) is 4. The summed E-state index contributed by atoms with van der Waals surface area (Å²) in [5.74, 6) is 1.29. The molecule has 25 heavy (non-hydrogen) atoms. The Morgan fingerprint density at radius 2 is 1.76 bits per heavy atom. The van der Waals surface area contributed by atoms with Gasteiger partial charge in [-0.3, -0.25) is 0 Å². The quantitative estimate of drug-likeness (QED) is 0.476. The molecule has 1 aromatic carbocycles. The first kappa shape index (κ1) is 16.7. The normalized spacial score (nSPS) is 40.4. The Morgan fingerprint density at radius 1 is 1.04 bits per heavy atom. The van der Waals surface area contributed by atoms with Gasteiger partial charge in [-0.05, 0) is 61.0 Å². The summed E-state index contributed by atoms with van der Waals surface area (Å²) in [4.78, 5) is 0. The van der Waals surface area contributed by atoms with Crippen molar-refractivity contribution in [1.82, 2.24) is 0 Å². The molecule has 0 amide bonds. The number of phenols is 2. The lowest BCUT2D eigenvalue weighted by Gasteiger charge is -2.61. The van der Waals surface area contributed by atoms with Crippen LogP contribution >= 0.6 is 0 Å². The van der Waals surface area contributed by atoms with Crippen molar-refractivity contribution < 1.29 is 15.4 Å². The Kier molecular flexibility index (Phi) is 3.30. The van der Waals surface area contributed by atoms with Crippen LogP contribution in [0.4, 0.5) is 0 Å². The van der Waals surface area contributed by atoms with E-state index in [9.17, 15) is 15.4 Å². The molecule has 4 atom stereocenters. The molecule has 1 aromatic rings. The van der Waals surface area contributed by atoms with Gasteiger partial charge in [0.15, 0.2) is 0 Å². The summed E-state index contributed by atoms with van der Waals surface area (Å²) >= 11 is 0. The number of oxime groups is 1. The van der Waals surface area contributed by atoms with Gasteiger partial charge in [-0.1, -0.05) is 32.9 Å². The lowest BCUT2D eigenvalue weighted by Crippen LogP contribution is -2.57. The molecule has 0 radical (unpaired) electrons. The molecule has 0 saturated heterocycles. The van der Waals surface area contributed by atoms with Crippen molar-refractivity contribution in [3.8, 4) is 11.5 Å². The minimum Gasteiger partial charge on any atom is -0.508 e. The smallest absolute Gasteiger partial charge is 0.123 e.